The molecule has 0 aliphatic carbocycles. The lowest BCUT2D eigenvalue weighted by Gasteiger charge is -2.04. The second-order valence-electron chi connectivity index (χ2n) is 3.10. The summed E-state index contributed by atoms with van der Waals surface area (Å²) in [4.78, 5) is 0.00769. The average molecular weight is 248 g/mol. The van der Waals surface area contributed by atoms with E-state index in [0.29, 0.717) is 11.0 Å². The van der Waals surface area contributed by atoms with Gasteiger partial charge in [0, 0.05) is 0 Å². The molecule has 0 saturated carbocycles. The summed E-state index contributed by atoms with van der Waals surface area (Å²) in [6, 6.07) is 2.58. The Morgan fingerprint density at radius 2 is 2.40 bits per heavy atom. The summed E-state index contributed by atoms with van der Waals surface area (Å²) in [6.45, 7) is 0.168. The van der Waals surface area contributed by atoms with Gasteiger partial charge < -0.3 is 9.68 Å². The predicted molar refractivity (Wildman–Crippen MR) is 55.9 cm³/mol. The molecule has 1 aromatic carbocycles. The Labute approximate surface area is 93.8 Å². The first-order chi connectivity index (χ1) is 7.13. The first-order valence-electron chi connectivity index (χ1n) is 4.20. The standard InChI is InChI=1S/C8H7BClFO3S/c10-4-15(13)8-2-6-5(1-7(8)11)3-14-9(6)12/h1-2,12H,3-4H2. The highest BCUT2D eigenvalue weighted by Gasteiger charge is 2.29. The molecular formula is C8H7BClFO3S. The molecule has 15 heavy (non-hydrogen) atoms. The van der Waals surface area contributed by atoms with Crippen LogP contribution >= 0.6 is 11.6 Å². The van der Waals surface area contributed by atoms with E-state index in [2.05, 4.69) is 0 Å². The molecule has 0 aromatic heterocycles. The Bertz CT molecular complexity index is 429. The third-order valence-electron chi connectivity index (χ3n) is 2.20. The Hall–Kier alpha value is -0.425. The van der Waals surface area contributed by atoms with E-state index < -0.39 is 23.7 Å². The number of halogens is 2. The van der Waals surface area contributed by atoms with E-state index in [9.17, 15) is 13.6 Å². The SMILES string of the molecule is O=S(CCl)c1cc2c(cc1F)COB2O. The summed E-state index contributed by atoms with van der Waals surface area (Å²) in [5, 5.41) is 9.20. The van der Waals surface area contributed by atoms with Crippen molar-refractivity contribution in [1.29, 1.82) is 0 Å². The number of alkyl halides is 1. The van der Waals surface area contributed by atoms with Crippen LogP contribution in [0, 0.1) is 5.82 Å². The van der Waals surface area contributed by atoms with Crippen molar-refractivity contribution >= 4 is 35.0 Å². The maximum Gasteiger partial charge on any atom is 0.491 e. The number of hydrogen-bond donors (Lipinski definition) is 1. The first-order valence-corrected chi connectivity index (χ1v) is 6.05. The molecule has 3 nitrogen and oxygen atoms in total. The minimum absolute atomic E-state index is 0.00769. The summed E-state index contributed by atoms with van der Waals surface area (Å²) in [7, 11) is -2.65. The van der Waals surface area contributed by atoms with Crippen LogP contribution in [-0.4, -0.2) is 21.6 Å². The molecule has 1 heterocycles. The number of rotatable bonds is 2. The van der Waals surface area contributed by atoms with Gasteiger partial charge in [0.2, 0.25) is 0 Å². The molecule has 1 unspecified atom stereocenters. The Morgan fingerprint density at radius 3 is 3.07 bits per heavy atom. The zero-order valence-electron chi connectivity index (χ0n) is 7.57. The van der Waals surface area contributed by atoms with Crippen LogP contribution in [0.15, 0.2) is 17.0 Å². The third-order valence-corrected chi connectivity index (χ3v) is 3.80. The van der Waals surface area contributed by atoms with Crippen LogP contribution in [0.2, 0.25) is 0 Å². The topological polar surface area (TPSA) is 46.5 Å². The van der Waals surface area contributed by atoms with E-state index in [1.54, 1.807) is 0 Å². The molecule has 0 radical (unpaired) electrons. The zero-order chi connectivity index (χ0) is 11.0. The molecule has 7 heteroatoms. The molecule has 0 bridgehead atoms. The average Bonchev–Trinajstić information content (AvgIpc) is 2.58. The normalized spacial score (nSPS) is 16.6. The molecule has 1 aromatic rings. The second kappa shape index (κ2) is 4.21. The van der Waals surface area contributed by atoms with Crippen molar-refractivity contribution in [1.82, 2.24) is 0 Å². The summed E-state index contributed by atoms with van der Waals surface area (Å²) >= 11 is 5.39. The van der Waals surface area contributed by atoms with E-state index in [1.807, 2.05) is 0 Å². The maximum absolute atomic E-state index is 13.4. The van der Waals surface area contributed by atoms with Gasteiger partial charge in [0.15, 0.2) is 0 Å². The highest BCUT2D eigenvalue weighted by molar-refractivity contribution is 7.86. The van der Waals surface area contributed by atoms with Gasteiger partial charge in [-0.15, -0.1) is 11.6 Å². The highest BCUT2D eigenvalue weighted by atomic mass is 35.5. The lowest BCUT2D eigenvalue weighted by atomic mass is 9.80. The largest absolute Gasteiger partial charge is 0.491 e. The van der Waals surface area contributed by atoms with Crippen molar-refractivity contribution in [3.8, 4) is 0 Å². The van der Waals surface area contributed by atoms with E-state index >= 15 is 0 Å². The second-order valence-corrected chi connectivity index (χ2v) is 5.10. The molecule has 0 saturated heterocycles. The fourth-order valence-electron chi connectivity index (χ4n) is 1.46. The summed E-state index contributed by atoms with van der Waals surface area (Å²) in [5.41, 5.74) is 1.04. The Kier molecular flexibility index (Phi) is 3.11. The molecule has 1 aliphatic rings. The smallest absolute Gasteiger partial charge is 0.423 e. The fourth-order valence-corrected chi connectivity index (χ4v) is 2.46. The monoisotopic (exact) mass is 248 g/mol. The summed E-state index contributed by atoms with van der Waals surface area (Å²) < 4.78 is 29.7. The molecule has 1 aliphatic heterocycles. The van der Waals surface area contributed by atoms with Gasteiger partial charge in [-0.1, -0.05) is 0 Å². The lowest BCUT2D eigenvalue weighted by Crippen LogP contribution is -2.28. The maximum atomic E-state index is 13.4. The quantitative estimate of drug-likeness (QED) is 0.607. The van der Waals surface area contributed by atoms with Crippen molar-refractivity contribution < 1.29 is 18.3 Å². The van der Waals surface area contributed by atoms with Gasteiger partial charge in [0.25, 0.3) is 0 Å². The molecule has 1 N–H and O–H groups in total. The first kappa shape index (κ1) is 11.1. The minimum atomic E-state index is -1.59. The molecule has 2 rings (SSSR count). The Morgan fingerprint density at radius 1 is 1.67 bits per heavy atom. The Balaban J connectivity index is 2.50. The van der Waals surface area contributed by atoms with Crippen LogP contribution < -0.4 is 5.46 Å². The molecular weight excluding hydrogens is 241 g/mol. The van der Waals surface area contributed by atoms with Gasteiger partial charge in [-0.05, 0) is 23.2 Å². The van der Waals surface area contributed by atoms with Gasteiger partial charge in [-0.25, -0.2) is 4.39 Å². The van der Waals surface area contributed by atoms with Crippen LogP contribution in [0.5, 0.6) is 0 Å². The summed E-state index contributed by atoms with van der Waals surface area (Å²) in [5.74, 6) is -0.578. The number of hydrogen-bond acceptors (Lipinski definition) is 3. The third kappa shape index (κ3) is 1.95. The van der Waals surface area contributed by atoms with Gasteiger partial charge in [-0.2, -0.15) is 0 Å². The molecule has 1 atom stereocenters. The predicted octanol–water partition coefficient (Wildman–Crippen LogP) is 0.347. The fraction of sp³-hybridized carbons (Fsp3) is 0.250. The van der Waals surface area contributed by atoms with Crippen molar-refractivity contribution in [3.63, 3.8) is 0 Å². The van der Waals surface area contributed by atoms with E-state index in [0.717, 1.165) is 0 Å². The van der Waals surface area contributed by atoms with Gasteiger partial charge in [0.05, 0.1) is 22.3 Å². The molecule has 0 fully saturated rings. The number of fused-ring (bicyclic) bond motifs is 1. The van der Waals surface area contributed by atoms with Crippen LogP contribution in [0.1, 0.15) is 5.56 Å². The van der Waals surface area contributed by atoms with Crippen LogP contribution in [0.3, 0.4) is 0 Å². The van der Waals surface area contributed by atoms with Crippen LogP contribution in [0.4, 0.5) is 4.39 Å². The zero-order valence-corrected chi connectivity index (χ0v) is 9.15. The van der Waals surface area contributed by atoms with E-state index in [4.69, 9.17) is 16.3 Å². The van der Waals surface area contributed by atoms with Gasteiger partial charge in [0.1, 0.15) is 11.0 Å². The van der Waals surface area contributed by atoms with E-state index in [1.165, 1.54) is 12.1 Å². The van der Waals surface area contributed by atoms with Crippen molar-refractivity contribution in [2.75, 3.05) is 5.21 Å². The molecule has 80 valence electrons. The van der Waals surface area contributed by atoms with Gasteiger partial charge in [-0.3, -0.25) is 4.21 Å². The van der Waals surface area contributed by atoms with E-state index in [-0.39, 0.29) is 16.7 Å². The van der Waals surface area contributed by atoms with Crippen molar-refractivity contribution in [3.05, 3.63) is 23.5 Å². The van der Waals surface area contributed by atoms with Crippen molar-refractivity contribution in [2.45, 2.75) is 11.5 Å². The lowest BCUT2D eigenvalue weighted by molar-refractivity contribution is 0.275. The van der Waals surface area contributed by atoms with Gasteiger partial charge >= 0.3 is 7.12 Å². The van der Waals surface area contributed by atoms with Crippen molar-refractivity contribution in [2.24, 2.45) is 0 Å². The molecule has 0 spiro atoms. The van der Waals surface area contributed by atoms with Crippen LogP contribution in [-0.2, 0) is 22.1 Å². The highest BCUT2D eigenvalue weighted by Crippen LogP contribution is 2.18. The summed E-state index contributed by atoms with van der Waals surface area (Å²) in [6.07, 6.45) is 0. The molecule has 0 amide bonds. The number of benzene rings is 1. The minimum Gasteiger partial charge on any atom is -0.423 e. The van der Waals surface area contributed by atoms with Crippen LogP contribution in [0.25, 0.3) is 0 Å².